The number of methoxy groups -OCH3 is 1. The number of aromatic nitrogens is 3. The first-order valence-corrected chi connectivity index (χ1v) is 11.2. The van der Waals surface area contributed by atoms with Gasteiger partial charge in [0.2, 0.25) is 5.91 Å². The number of thioether (sulfide) groups is 1. The third-order valence-electron chi connectivity index (χ3n) is 5.08. The quantitative estimate of drug-likeness (QED) is 0.618. The highest BCUT2D eigenvalue weighted by molar-refractivity contribution is 7.99. The van der Waals surface area contributed by atoms with Crippen LogP contribution in [0.3, 0.4) is 0 Å². The summed E-state index contributed by atoms with van der Waals surface area (Å²) in [5, 5.41) is 9.65. The lowest BCUT2D eigenvalue weighted by atomic mass is 10.2. The molecule has 1 amide bonds. The Bertz CT molecular complexity index is 752. The van der Waals surface area contributed by atoms with Gasteiger partial charge < -0.3 is 14.2 Å². The molecule has 1 aliphatic heterocycles. The lowest BCUT2D eigenvalue weighted by Gasteiger charge is -2.20. The highest BCUT2D eigenvalue weighted by atomic mass is 32.2. The molecule has 7 heteroatoms. The molecule has 28 heavy (non-hydrogen) atoms. The molecule has 0 atom stereocenters. The van der Waals surface area contributed by atoms with E-state index < -0.39 is 0 Å². The average Bonchev–Trinajstić information content (AvgIpc) is 2.93. The molecule has 2 aromatic rings. The van der Waals surface area contributed by atoms with Gasteiger partial charge in [0.05, 0.1) is 12.9 Å². The van der Waals surface area contributed by atoms with Crippen LogP contribution in [0.2, 0.25) is 0 Å². The van der Waals surface area contributed by atoms with Crippen LogP contribution in [0.4, 0.5) is 0 Å². The van der Waals surface area contributed by atoms with E-state index in [4.69, 9.17) is 4.74 Å². The van der Waals surface area contributed by atoms with E-state index in [1.807, 2.05) is 29.2 Å². The van der Waals surface area contributed by atoms with E-state index in [9.17, 15) is 4.79 Å². The topological polar surface area (TPSA) is 60.2 Å². The predicted molar refractivity (Wildman–Crippen MR) is 113 cm³/mol. The zero-order valence-electron chi connectivity index (χ0n) is 16.9. The molecule has 2 heterocycles. The number of unbranched alkanes of at least 4 members (excludes halogenated alkanes) is 1. The zero-order valence-corrected chi connectivity index (χ0v) is 17.7. The third kappa shape index (κ3) is 5.28. The summed E-state index contributed by atoms with van der Waals surface area (Å²) in [5.41, 5.74) is 1.01. The summed E-state index contributed by atoms with van der Waals surface area (Å²) in [5.74, 6) is 2.30. The van der Waals surface area contributed by atoms with Crippen molar-refractivity contribution in [2.24, 2.45) is 0 Å². The second-order valence-electron chi connectivity index (χ2n) is 7.12. The minimum absolute atomic E-state index is 0.211. The van der Waals surface area contributed by atoms with Crippen LogP contribution in [0.5, 0.6) is 5.75 Å². The van der Waals surface area contributed by atoms with Gasteiger partial charge in [-0.15, -0.1) is 10.2 Å². The molecule has 0 saturated carbocycles. The highest BCUT2D eigenvalue weighted by Gasteiger charge is 2.19. The molecule has 0 unspecified atom stereocenters. The fourth-order valence-electron chi connectivity index (χ4n) is 3.40. The van der Waals surface area contributed by atoms with Gasteiger partial charge in [0.25, 0.3) is 0 Å². The summed E-state index contributed by atoms with van der Waals surface area (Å²) >= 11 is 1.50. The molecule has 1 saturated heterocycles. The largest absolute Gasteiger partial charge is 0.497 e. The van der Waals surface area contributed by atoms with E-state index in [-0.39, 0.29) is 5.91 Å². The van der Waals surface area contributed by atoms with Gasteiger partial charge in [-0.3, -0.25) is 4.79 Å². The van der Waals surface area contributed by atoms with Crippen molar-refractivity contribution in [1.82, 2.24) is 19.7 Å². The maximum Gasteiger partial charge on any atom is 0.233 e. The van der Waals surface area contributed by atoms with Crippen molar-refractivity contribution in [3.63, 3.8) is 0 Å². The molecule has 1 aromatic heterocycles. The SMILES string of the molecule is CCCCn1c(SCC(=O)N2CCCCCC2)nnc1-c1ccc(OC)cc1. The van der Waals surface area contributed by atoms with Gasteiger partial charge in [0.1, 0.15) is 5.75 Å². The molecule has 1 aliphatic rings. The van der Waals surface area contributed by atoms with Gasteiger partial charge in [0, 0.05) is 25.2 Å². The molecule has 6 nitrogen and oxygen atoms in total. The minimum Gasteiger partial charge on any atom is -0.497 e. The predicted octanol–water partition coefficient (Wildman–Crippen LogP) is 4.25. The van der Waals surface area contributed by atoms with Crippen LogP contribution in [0.1, 0.15) is 45.4 Å². The maximum absolute atomic E-state index is 12.6. The smallest absolute Gasteiger partial charge is 0.233 e. The van der Waals surface area contributed by atoms with E-state index in [0.717, 1.165) is 67.6 Å². The number of rotatable bonds is 8. The molecule has 3 rings (SSSR count). The summed E-state index contributed by atoms with van der Waals surface area (Å²) in [6.07, 6.45) is 6.84. The Hall–Kier alpha value is -2.02. The van der Waals surface area contributed by atoms with Crippen LogP contribution < -0.4 is 4.74 Å². The number of hydrogen-bond acceptors (Lipinski definition) is 5. The molecule has 152 valence electrons. The summed E-state index contributed by atoms with van der Waals surface area (Å²) < 4.78 is 7.39. The molecule has 0 bridgehead atoms. The Morgan fingerprint density at radius 2 is 1.82 bits per heavy atom. The molecular formula is C21H30N4O2S. The van der Waals surface area contributed by atoms with Crippen molar-refractivity contribution >= 4 is 17.7 Å². The normalized spacial score (nSPS) is 14.7. The first kappa shape index (κ1) is 20.7. The van der Waals surface area contributed by atoms with Crippen LogP contribution in [0.15, 0.2) is 29.4 Å². The minimum atomic E-state index is 0.211. The lowest BCUT2D eigenvalue weighted by molar-refractivity contribution is -0.128. The standard InChI is InChI=1S/C21H30N4O2S/c1-3-4-15-25-20(17-9-11-18(27-2)12-10-17)22-23-21(25)28-16-19(26)24-13-7-5-6-8-14-24/h9-12H,3-8,13-16H2,1-2H3. The number of carbonyl (C=O) groups is 1. The van der Waals surface area contributed by atoms with Crippen LogP contribution in [0, 0.1) is 0 Å². The highest BCUT2D eigenvalue weighted by Crippen LogP contribution is 2.26. The van der Waals surface area contributed by atoms with Gasteiger partial charge in [-0.05, 0) is 43.5 Å². The molecular weight excluding hydrogens is 372 g/mol. The molecule has 0 aliphatic carbocycles. The van der Waals surface area contributed by atoms with Crippen LogP contribution in [0.25, 0.3) is 11.4 Å². The van der Waals surface area contributed by atoms with Gasteiger partial charge in [-0.1, -0.05) is 37.9 Å². The van der Waals surface area contributed by atoms with Crippen molar-refractivity contribution in [3.05, 3.63) is 24.3 Å². The van der Waals surface area contributed by atoms with Crippen molar-refractivity contribution in [2.75, 3.05) is 26.0 Å². The van der Waals surface area contributed by atoms with Crippen LogP contribution in [-0.4, -0.2) is 51.5 Å². The Morgan fingerprint density at radius 1 is 1.11 bits per heavy atom. The Balaban J connectivity index is 1.72. The third-order valence-corrected chi connectivity index (χ3v) is 6.04. The van der Waals surface area contributed by atoms with E-state index >= 15 is 0 Å². The second kappa shape index (κ2) is 10.5. The summed E-state index contributed by atoms with van der Waals surface area (Å²) in [6, 6.07) is 7.87. The van der Waals surface area contributed by atoms with E-state index in [1.165, 1.54) is 24.6 Å². The molecule has 1 fully saturated rings. The fraction of sp³-hybridized carbons (Fsp3) is 0.571. The fourth-order valence-corrected chi connectivity index (χ4v) is 4.27. The molecule has 0 N–H and O–H groups in total. The number of nitrogens with zero attached hydrogens (tertiary/aromatic N) is 4. The number of benzene rings is 1. The van der Waals surface area contributed by atoms with Crippen LogP contribution in [-0.2, 0) is 11.3 Å². The molecule has 0 radical (unpaired) electrons. The van der Waals surface area contributed by atoms with Crippen molar-refractivity contribution in [1.29, 1.82) is 0 Å². The molecule has 0 spiro atoms. The Labute approximate surface area is 171 Å². The van der Waals surface area contributed by atoms with Gasteiger partial charge in [-0.25, -0.2) is 0 Å². The first-order chi connectivity index (χ1) is 13.7. The molecule has 1 aromatic carbocycles. The first-order valence-electron chi connectivity index (χ1n) is 10.2. The number of carbonyl (C=O) groups excluding carboxylic acids is 1. The second-order valence-corrected chi connectivity index (χ2v) is 8.07. The number of amides is 1. The number of likely N-dealkylation sites (tertiary alicyclic amines) is 1. The van der Waals surface area contributed by atoms with Crippen molar-refractivity contribution in [2.45, 2.75) is 57.1 Å². The van der Waals surface area contributed by atoms with Crippen LogP contribution >= 0.6 is 11.8 Å². The van der Waals surface area contributed by atoms with Crippen molar-refractivity contribution < 1.29 is 9.53 Å². The van der Waals surface area contributed by atoms with Crippen molar-refractivity contribution in [3.8, 4) is 17.1 Å². The number of ether oxygens (including phenoxy) is 1. The lowest BCUT2D eigenvalue weighted by Crippen LogP contribution is -2.33. The summed E-state index contributed by atoms with van der Waals surface area (Å²) in [6.45, 7) is 4.80. The Morgan fingerprint density at radius 3 is 2.46 bits per heavy atom. The van der Waals surface area contributed by atoms with Gasteiger partial charge in [-0.2, -0.15) is 0 Å². The average molecular weight is 403 g/mol. The van der Waals surface area contributed by atoms with E-state index in [1.54, 1.807) is 7.11 Å². The van der Waals surface area contributed by atoms with E-state index in [0.29, 0.717) is 5.75 Å². The zero-order chi connectivity index (χ0) is 19.8. The van der Waals surface area contributed by atoms with E-state index in [2.05, 4.69) is 21.7 Å². The summed E-state index contributed by atoms with van der Waals surface area (Å²) in [4.78, 5) is 14.6. The number of hydrogen-bond donors (Lipinski definition) is 0. The van der Waals surface area contributed by atoms with Gasteiger partial charge >= 0.3 is 0 Å². The van der Waals surface area contributed by atoms with Gasteiger partial charge in [0.15, 0.2) is 11.0 Å². The Kier molecular flexibility index (Phi) is 7.77. The summed E-state index contributed by atoms with van der Waals surface area (Å²) in [7, 11) is 1.66. The maximum atomic E-state index is 12.6. The monoisotopic (exact) mass is 402 g/mol.